The van der Waals surface area contributed by atoms with Crippen LogP contribution in [0.1, 0.15) is 19.3 Å². The van der Waals surface area contributed by atoms with Gasteiger partial charge in [0.25, 0.3) is 0 Å². The summed E-state index contributed by atoms with van der Waals surface area (Å²) in [5.41, 5.74) is 0. The molecule has 0 spiro atoms. The highest BCUT2D eigenvalue weighted by Crippen LogP contribution is 2.25. The second-order valence-corrected chi connectivity index (χ2v) is 4.25. The average Bonchev–Trinajstić information content (AvgIpc) is 2.27. The van der Waals surface area contributed by atoms with Crippen molar-refractivity contribution in [2.24, 2.45) is 0 Å². The number of carbonyl (C=O) groups excluding carboxylic acids is 1. The van der Waals surface area contributed by atoms with Gasteiger partial charge in [-0.2, -0.15) is 0 Å². The number of carboxylic acid groups (broad SMARTS) is 1. The molecular weight excluding hydrogens is 196 g/mol. The van der Waals surface area contributed by atoms with Crippen LogP contribution >= 0.6 is 0 Å². The Bertz CT molecular complexity index is 269. The number of aldehydes is 1. The second kappa shape index (κ2) is 4.18. The molecule has 2 rings (SSSR count). The van der Waals surface area contributed by atoms with E-state index in [1.807, 2.05) is 0 Å². The maximum Gasteiger partial charge on any atom is 0.407 e. The maximum absolute atomic E-state index is 10.9. The Labute approximate surface area is 88.6 Å². The van der Waals surface area contributed by atoms with Gasteiger partial charge in [-0.15, -0.1) is 0 Å². The minimum absolute atomic E-state index is 0.0136. The highest BCUT2D eigenvalue weighted by atomic mass is 16.4. The standard InChI is InChI=1S/C10H16N2O3/c13-7-9-3-1-2-8-6-11(10(14)15)4-5-12(8)9/h7-9H,1-6H2,(H,14,15)/t8-,9?/m0/s1. The smallest absolute Gasteiger partial charge is 0.407 e. The van der Waals surface area contributed by atoms with Crippen LogP contribution in [-0.2, 0) is 4.79 Å². The summed E-state index contributed by atoms with van der Waals surface area (Å²) in [4.78, 5) is 25.3. The van der Waals surface area contributed by atoms with E-state index in [1.54, 1.807) is 0 Å². The summed E-state index contributed by atoms with van der Waals surface area (Å²) in [5.74, 6) is 0. The van der Waals surface area contributed by atoms with E-state index >= 15 is 0 Å². The first kappa shape index (κ1) is 10.4. The van der Waals surface area contributed by atoms with Gasteiger partial charge in [0.2, 0.25) is 0 Å². The van der Waals surface area contributed by atoms with Gasteiger partial charge in [0.15, 0.2) is 0 Å². The molecule has 15 heavy (non-hydrogen) atoms. The average molecular weight is 212 g/mol. The van der Waals surface area contributed by atoms with E-state index in [2.05, 4.69) is 4.90 Å². The van der Waals surface area contributed by atoms with E-state index in [0.29, 0.717) is 19.6 Å². The Kier molecular flexibility index (Phi) is 2.90. The predicted octanol–water partition coefficient (Wildman–Crippen LogP) is 0.402. The van der Waals surface area contributed by atoms with Crippen LogP contribution in [0.25, 0.3) is 0 Å². The van der Waals surface area contributed by atoms with Crippen LogP contribution in [0.2, 0.25) is 0 Å². The van der Waals surface area contributed by atoms with Crippen molar-refractivity contribution in [3.63, 3.8) is 0 Å². The molecule has 2 atom stereocenters. The number of amides is 1. The molecule has 0 aromatic rings. The fourth-order valence-corrected chi connectivity index (χ4v) is 2.61. The molecule has 2 fully saturated rings. The third-order valence-electron chi connectivity index (χ3n) is 3.42. The van der Waals surface area contributed by atoms with E-state index < -0.39 is 6.09 Å². The summed E-state index contributed by atoms with van der Waals surface area (Å²) in [7, 11) is 0. The molecule has 5 heteroatoms. The maximum atomic E-state index is 10.9. The molecule has 2 heterocycles. The van der Waals surface area contributed by atoms with Crippen LogP contribution in [0.3, 0.4) is 0 Å². The van der Waals surface area contributed by atoms with Crippen molar-refractivity contribution in [2.75, 3.05) is 19.6 Å². The summed E-state index contributed by atoms with van der Waals surface area (Å²) in [6, 6.07) is 0.262. The Morgan fingerprint density at radius 2 is 2.13 bits per heavy atom. The third kappa shape index (κ3) is 1.97. The summed E-state index contributed by atoms with van der Waals surface area (Å²) in [6.45, 7) is 1.77. The molecule has 2 aliphatic rings. The molecule has 0 aromatic carbocycles. The van der Waals surface area contributed by atoms with Crippen LogP contribution in [-0.4, -0.2) is 59.0 Å². The van der Waals surface area contributed by atoms with E-state index in [0.717, 1.165) is 25.5 Å². The Balaban J connectivity index is 2.02. The summed E-state index contributed by atoms with van der Waals surface area (Å²) < 4.78 is 0. The van der Waals surface area contributed by atoms with Crippen molar-refractivity contribution >= 4 is 12.4 Å². The molecule has 5 nitrogen and oxygen atoms in total. The van der Waals surface area contributed by atoms with Gasteiger partial charge in [-0.1, -0.05) is 0 Å². The van der Waals surface area contributed by atoms with Crippen molar-refractivity contribution in [1.29, 1.82) is 0 Å². The minimum Gasteiger partial charge on any atom is -0.465 e. The van der Waals surface area contributed by atoms with Crippen molar-refractivity contribution in [2.45, 2.75) is 31.3 Å². The van der Waals surface area contributed by atoms with Crippen molar-refractivity contribution in [3.8, 4) is 0 Å². The molecular formula is C10H16N2O3. The number of carbonyl (C=O) groups is 2. The van der Waals surface area contributed by atoms with Crippen LogP contribution < -0.4 is 0 Å². The summed E-state index contributed by atoms with van der Waals surface area (Å²) >= 11 is 0. The van der Waals surface area contributed by atoms with Crippen LogP contribution in [0, 0.1) is 0 Å². The molecule has 1 amide bonds. The first-order valence-electron chi connectivity index (χ1n) is 5.41. The van der Waals surface area contributed by atoms with Gasteiger partial charge >= 0.3 is 6.09 Å². The lowest BCUT2D eigenvalue weighted by Gasteiger charge is -2.45. The zero-order valence-corrected chi connectivity index (χ0v) is 8.63. The lowest BCUT2D eigenvalue weighted by molar-refractivity contribution is -0.116. The molecule has 2 saturated heterocycles. The highest BCUT2D eigenvalue weighted by molar-refractivity contribution is 5.65. The van der Waals surface area contributed by atoms with Gasteiger partial charge in [0.05, 0.1) is 6.04 Å². The monoisotopic (exact) mass is 212 g/mol. The number of nitrogens with zero attached hydrogens (tertiary/aromatic N) is 2. The van der Waals surface area contributed by atoms with Crippen molar-refractivity contribution in [3.05, 3.63) is 0 Å². The zero-order chi connectivity index (χ0) is 10.8. The summed E-state index contributed by atoms with van der Waals surface area (Å²) in [5, 5.41) is 8.89. The lowest BCUT2D eigenvalue weighted by Crippen LogP contribution is -2.59. The summed E-state index contributed by atoms with van der Waals surface area (Å²) in [6.07, 6.45) is 3.12. The first-order chi connectivity index (χ1) is 7.22. The fourth-order valence-electron chi connectivity index (χ4n) is 2.61. The van der Waals surface area contributed by atoms with E-state index in [1.165, 1.54) is 4.90 Å². The van der Waals surface area contributed by atoms with Crippen molar-refractivity contribution < 1.29 is 14.7 Å². The Morgan fingerprint density at radius 1 is 1.33 bits per heavy atom. The second-order valence-electron chi connectivity index (χ2n) is 4.25. The zero-order valence-electron chi connectivity index (χ0n) is 8.63. The first-order valence-corrected chi connectivity index (χ1v) is 5.41. The number of piperazine rings is 1. The number of fused-ring (bicyclic) bond motifs is 1. The Morgan fingerprint density at radius 3 is 2.80 bits per heavy atom. The predicted molar refractivity (Wildman–Crippen MR) is 53.8 cm³/mol. The van der Waals surface area contributed by atoms with Crippen LogP contribution in [0.15, 0.2) is 0 Å². The molecule has 0 saturated carbocycles. The Hall–Kier alpha value is -1.10. The molecule has 1 unspecified atom stereocenters. The topological polar surface area (TPSA) is 60.9 Å². The number of piperidine rings is 1. The van der Waals surface area contributed by atoms with E-state index in [-0.39, 0.29) is 12.1 Å². The van der Waals surface area contributed by atoms with Gasteiger partial charge < -0.3 is 14.8 Å². The molecule has 0 aromatic heterocycles. The van der Waals surface area contributed by atoms with Crippen molar-refractivity contribution in [1.82, 2.24) is 9.80 Å². The number of hydrogen-bond acceptors (Lipinski definition) is 3. The quantitative estimate of drug-likeness (QED) is 0.639. The largest absolute Gasteiger partial charge is 0.465 e. The van der Waals surface area contributed by atoms with E-state index in [9.17, 15) is 9.59 Å². The van der Waals surface area contributed by atoms with Gasteiger partial charge in [-0.3, -0.25) is 4.90 Å². The van der Waals surface area contributed by atoms with Gasteiger partial charge in [0, 0.05) is 25.7 Å². The van der Waals surface area contributed by atoms with Gasteiger partial charge in [-0.25, -0.2) is 4.79 Å². The van der Waals surface area contributed by atoms with Gasteiger partial charge in [-0.05, 0) is 19.3 Å². The van der Waals surface area contributed by atoms with Crippen LogP contribution in [0.5, 0.6) is 0 Å². The molecule has 0 bridgehead atoms. The SMILES string of the molecule is O=CC1CCC[C@H]2CN(C(=O)O)CCN12. The number of hydrogen-bond donors (Lipinski definition) is 1. The number of rotatable bonds is 1. The normalized spacial score (nSPS) is 32.1. The molecule has 1 N–H and O–H groups in total. The molecule has 84 valence electrons. The van der Waals surface area contributed by atoms with Gasteiger partial charge in [0.1, 0.15) is 6.29 Å². The lowest BCUT2D eigenvalue weighted by atomic mass is 9.94. The minimum atomic E-state index is -0.845. The molecule has 0 aliphatic carbocycles. The highest BCUT2D eigenvalue weighted by Gasteiger charge is 2.35. The van der Waals surface area contributed by atoms with Crippen LogP contribution in [0.4, 0.5) is 4.79 Å². The third-order valence-corrected chi connectivity index (χ3v) is 3.42. The molecule has 0 radical (unpaired) electrons. The van der Waals surface area contributed by atoms with E-state index in [4.69, 9.17) is 5.11 Å². The fraction of sp³-hybridized carbons (Fsp3) is 0.800. The molecule has 2 aliphatic heterocycles.